The highest BCUT2D eigenvalue weighted by atomic mass is 16.3. The van der Waals surface area contributed by atoms with Gasteiger partial charge in [0, 0.05) is 17.1 Å². The maximum absolute atomic E-state index is 9.41. The molecule has 0 aliphatic carbocycles. The molecule has 0 saturated carbocycles. The minimum Gasteiger partial charge on any atom is -0.508 e. The molecule has 0 amide bonds. The van der Waals surface area contributed by atoms with E-state index in [-0.39, 0.29) is 0 Å². The second kappa shape index (κ2) is 8.45. The average Bonchev–Trinajstić information content (AvgIpc) is 2.76. The van der Waals surface area contributed by atoms with Crippen LogP contribution in [0, 0.1) is 0 Å². The molecule has 1 N–H and O–H groups in total. The summed E-state index contributed by atoms with van der Waals surface area (Å²) in [5, 5.41) is 9.41. The van der Waals surface area contributed by atoms with Gasteiger partial charge in [-0.1, -0.05) is 60.7 Å². The van der Waals surface area contributed by atoms with Crippen LogP contribution in [0.25, 0.3) is 0 Å². The van der Waals surface area contributed by atoms with Crippen molar-refractivity contribution in [3.63, 3.8) is 0 Å². The molecule has 4 aromatic rings. The van der Waals surface area contributed by atoms with E-state index in [2.05, 4.69) is 77.7 Å². The minimum absolute atomic E-state index is 0.315. The number of hydrogen-bond donors (Lipinski definition) is 1. The zero-order valence-electron chi connectivity index (χ0n) is 15.7. The highest BCUT2D eigenvalue weighted by Crippen LogP contribution is 2.34. The molecular weight excluding hydrogens is 342 g/mol. The molecular formula is C26H23NO. The molecule has 0 spiro atoms. The van der Waals surface area contributed by atoms with Crippen LogP contribution in [0.5, 0.6) is 5.75 Å². The van der Waals surface area contributed by atoms with E-state index in [1.165, 1.54) is 11.1 Å². The van der Waals surface area contributed by atoms with Crippen LogP contribution in [0.15, 0.2) is 109 Å². The van der Waals surface area contributed by atoms with E-state index < -0.39 is 0 Å². The Labute approximate surface area is 166 Å². The topological polar surface area (TPSA) is 23.5 Å². The SMILES string of the molecule is Oc1ccc(CCc2ccc(N(c3ccccc3)c3ccccc3)cc2)cc1. The van der Waals surface area contributed by atoms with Crippen LogP contribution in [-0.4, -0.2) is 5.11 Å². The lowest BCUT2D eigenvalue weighted by molar-refractivity contribution is 0.475. The van der Waals surface area contributed by atoms with Gasteiger partial charge in [0.25, 0.3) is 0 Å². The predicted octanol–water partition coefficient (Wildman–Crippen LogP) is 6.65. The van der Waals surface area contributed by atoms with Gasteiger partial charge in [-0.05, 0) is 72.5 Å². The number of nitrogens with zero attached hydrogens (tertiary/aromatic N) is 1. The molecule has 0 aliphatic heterocycles. The molecule has 0 atom stereocenters. The van der Waals surface area contributed by atoms with Crippen molar-refractivity contribution in [2.75, 3.05) is 4.90 Å². The summed E-state index contributed by atoms with van der Waals surface area (Å²) >= 11 is 0. The highest BCUT2D eigenvalue weighted by Gasteiger charge is 2.11. The molecule has 0 radical (unpaired) electrons. The minimum atomic E-state index is 0.315. The number of benzene rings is 4. The lowest BCUT2D eigenvalue weighted by Crippen LogP contribution is -2.09. The lowest BCUT2D eigenvalue weighted by atomic mass is 10.0. The maximum Gasteiger partial charge on any atom is 0.115 e. The number of para-hydroxylation sites is 2. The Kier molecular flexibility index (Phi) is 5.39. The van der Waals surface area contributed by atoms with Crippen molar-refractivity contribution < 1.29 is 5.11 Å². The largest absolute Gasteiger partial charge is 0.508 e. The summed E-state index contributed by atoms with van der Waals surface area (Å²) < 4.78 is 0. The number of phenols is 1. The fourth-order valence-corrected chi connectivity index (χ4v) is 3.36. The van der Waals surface area contributed by atoms with E-state index in [9.17, 15) is 5.11 Å². The van der Waals surface area contributed by atoms with Crippen molar-refractivity contribution >= 4 is 17.1 Å². The van der Waals surface area contributed by atoms with Crippen molar-refractivity contribution in [1.82, 2.24) is 0 Å². The Morgan fingerprint density at radius 3 is 1.32 bits per heavy atom. The van der Waals surface area contributed by atoms with Crippen LogP contribution in [0.1, 0.15) is 11.1 Å². The van der Waals surface area contributed by atoms with Crippen molar-refractivity contribution in [2.24, 2.45) is 0 Å². The van der Waals surface area contributed by atoms with Gasteiger partial charge in [0.1, 0.15) is 5.75 Å². The first kappa shape index (κ1) is 17.9. The lowest BCUT2D eigenvalue weighted by Gasteiger charge is -2.25. The van der Waals surface area contributed by atoms with Gasteiger partial charge < -0.3 is 10.0 Å². The molecule has 0 unspecified atom stereocenters. The number of aryl methyl sites for hydroxylation is 2. The second-order valence-electron chi connectivity index (χ2n) is 6.84. The standard InChI is InChI=1S/C26H23NO/c28-26-19-15-22(16-20-26)12-11-21-13-17-25(18-14-21)27(23-7-3-1-4-8-23)24-9-5-2-6-10-24/h1-10,13-20,28H,11-12H2. The quantitative estimate of drug-likeness (QED) is 0.413. The van der Waals surface area contributed by atoms with Gasteiger partial charge in [-0.3, -0.25) is 0 Å². The van der Waals surface area contributed by atoms with Gasteiger partial charge >= 0.3 is 0 Å². The molecule has 0 aliphatic rings. The van der Waals surface area contributed by atoms with Crippen LogP contribution >= 0.6 is 0 Å². The van der Waals surface area contributed by atoms with Crippen LogP contribution in [-0.2, 0) is 12.8 Å². The number of aromatic hydroxyl groups is 1. The van der Waals surface area contributed by atoms with Crippen LogP contribution in [0.2, 0.25) is 0 Å². The van der Waals surface area contributed by atoms with E-state index in [0.717, 1.165) is 29.9 Å². The van der Waals surface area contributed by atoms with E-state index in [1.54, 1.807) is 12.1 Å². The van der Waals surface area contributed by atoms with Crippen molar-refractivity contribution in [1.29, 1.82) is 0 Å². The molecule has 138 valence electrons. The summed E-state index contributed by atoms with van der Waals surface area (Å²) in [6.07, 6.45) is 1.93. The van der Waals surface area contributed by atoms with Gasteiger partial charge in [0.15, 0.2) is 0 Å². The normalized spacial score (nSPS) is 10.6. The van der Waals surface area contributed by atoms with Gasteiger partial charge in [0.2, 0.25) is 0 Å². The summed E-state index contributed by atoms with van der Waals surface area (Å²) in [6, 6.07) is 37.1. The Bertz CT molecular complexity index is 954. The summed E-state index contributed by atoms with van der Waals surface area (Å²) in [5.74, 6) is 0.315. The third-order valence-electron chi connectivity index (χ3n) is 4.86. The molecule has 4 rings (SSSR count). The molecule has 0 fully saturated rings. The van der Waals surface area contributed by atoms with Gasteiger partial charge in [-0.2, -0.15) is 0 Å². The number of rotatable bonds is 6. The van der Waals surface area contributed by atoms with Gasteiger partial charge in [-0.25, -0.2) is 0 Å². The monoisotopic (exact) mass is 365 g/mol. The zero-order chi connectivity index (χ0) is 19.2. The molecule has 0 bridgehead atoms. The smallest absolute Gasteiger partial charge is 0.115 e. The Hall–Kier alpha value is -3.52. The van der Waals surface area contributed by atoms with Crippen LogP contribution in [0.4, 0.5) is 17.1 Å². The molecule has 4 aromatic carbocycles. The third-order valence-corrected chi connectivity index (χ3v) is 4.86. The summed E-state index contributed by atoms with van der Waals surface area (Å²) in [6.45, 7) is 0. The fraction of sp³-hybridized carbons (Fsp3) is 0.0769. The molecule has 28 heavy (non-hydrogen) atoms. The van der Waals surface area contributed by atoms with E-state index in [1.807, 2.05) is 24.3 Å². The first-order chi connectivity index (χ1) is 13.8. The molecule has 0 heterocycles. The number of hydrogen-bond acceptors (Lipinski definition) is 2. The second-order valence-corrected chi connectivity index (χ2v) is 6.84. The molecule has 2 heteroatoms. The maximum atomic E-state index is 9.41. The third kappa shape index (κ3) is 4.24. The van der Waals surface area contributed by atoms with E-state index in [0.29, 0.717) is 5.75 Å². The Morgan fingerprint density at radius 2 is 0.857 bits per heavy atom. The molecule has 2 nitrogen and oxygen atoms in total. The first-order valence-corrected chi connectivity index (χ1v) is 9.57. The summed E-state index contributed by atoms with van der Waals surface area (Å²) in [4.78, 5) is 2.27. The van der Waals surface area contributed by atoms with Crippen molar-refractivity contribution in [2.45, 2.75) is 12.8 Å². The first-order valence-electron chi connectivity index (χ1n) is 9.57. The van der Waals surface area contributed by atoms with Crippen molar-refractivity contribution in [3.05, 3.63) is 120 Å². The van der Waals surface area contributed by atoms with E-state index >= 15 is 0 Å². The average molecular weight is 365 g/mol. The Morgan fingerprint density at radius 1 is 0.464 bits per heavy atom. The van der Waals surface area contributed by atoms with Crippen LogP contribution in [0.3, 0.4) is 0 Å². The van der Waals surface area contributed by atoms with Crippen LogP contribution < -0.4 is 4.90 Å². The van der Waals surface area contributed by atoms with Crippen molar-refractivity contribution in [3.8, 4) is 5.75 Å². The number of anilines is 3. The summed E-state index contributed by atoms with van der Waals surface area (Å²) in [7, 11) is 0. The Balaban J connectivity index is 1.55. The summed E-state index contributed by atoms with van der Waals surface area (Å²) in [5.41, 5.74) is 5.97. The van der Waals surface area contributed by atoms with E-state index in [4.69, 9.17) is 0 Å². The molecule has 0 saturated heterocycles. The van der Waals surface area contributed by atoms with Gasteiger partial charge in [-0.15, -0.1) is 0 Å². The number of phenolic OH excluding ortho intramolecular Hbond substituents is 1. The predicted molar refractivity (Wildman–Crippen MR) is 117 cm³/mol. The van der Waals surface area contributed by atoms with Gasteiger partial charge in [0.05, 0.1) is 0 Å². The zero-order valence-corrected chi connectivity index (χ0v) is 15.7. The molecule has 0 aromatic heterocycles. The highest BCUT2D eigenvalue weighted by molar-refractivity contribution is 5.76. The fourth-order valence-electron chi connectivity index (χ4n) is 3.36.